The van der Waals surface area contributed by atoms with Crippen molar-refractivity contribution in [2.45, 2.75) is 65.2 Å². The molecule has 33 heavy (non-hydrogen) atoms. The van der Waals surface area contributed by atoms with Crippen LogP contribution in [-0.2, 0) is 19.3 Å². The number of nitrogens with zero attached hydrogens (tertiary/aromatic N) is 1. The molecule has 0 bridgehead atoms. The van der Waals surface area contributed by atoms with Gasteiger partial charge in [0.2, 0.25) is 0 Å². The number of hydrogen-bond acceptors (Lipinski definition) is 1. The molecule has 0 unspecified atom stereocenters. The molecule has 0 heterocycles. The van der Waals surface area contributed by atoms with Crippen molar-refractivity contribution >= 4 is 5.84 Å². The van der Waals surface area contributed by atoms with Gasteiger partial charge in [-0.1, -0.05) is 106 Å². The molecule has 0 amide bonds. The molecule has 0 spiro atoms. The van der Waals surface area contributed by atoms with E-state index in [4.69, 9.17) is 5.73 Å². The molecule has 2 nitrogen and oxygen atoms in total. The van der Waals surface area contributed by atoms with Crippen LogP contribution < -0.4 is 5.73 Å². The molecule has 2 heteroatoms. The van der Waals surface area contributed by atoms with Gasteiger partial charge in [-0.2, -0.15) is 0 Å². The maximum Gasteiger partial charge on any atom is 0.130 e. The number of aryl methyl sites for hydroxylation is 3. The molecule has 0 aliphatic heterocycles. The van der Waals surface area contributed by atoms with Gasteiger partial charge in [-0.15, -0.1) is 0 Å². The Morgan fingerprint density at radius 2 is 1.30 bits per heavy atom. The smallest absolute Gasteiger partial charge is 0.130 e. The van der Waals surface area contributed by atoms with E-state index in [1.807, 2.05) is 12.1 Å². The lowest BCUT2D eigenvalue weighted by molar-refractivity contribution is 0.727. The predicted molar refractivity (Wildman–Crippen MR) is 144 cm³/mol. The van der Waals surface area contributed by atoms with Gasteiger partial charge in [0.15, 0.2) is 0 Å². The first-order valence-electron chi connectivity index (χ1n) is 12.4. The summed E-state index contributed by atoms with van der Waals surface area (Å²) in [7, 11) is 0. The molecule has 0 radical (unpaired) electrons. The van der Waals surface area contributed by atoms with Crippen LogP contribution in [-0.4, -0.2) is 5.84 Å². The first kappa shape index (κ1) is 24.5. The molecule has 0 aromatic heterocycles. The Balaban J connectivity index is 1.52. The molecule has 2 N–H and O–H groups in total. The van der Waals surface area contributed by atoms with E-state index >= 15 is 0 Å². The fourth-order valence-electron chi connectivity index (χ4n) is 4.24. The molecular weight excluding hydrogens is 400 g/mol. The molecule has 3 rings (SSSR count). The van der Waals surface area contributed by atoms with E-state index in [0.29, 0.717) is 5.84 Å². The van der Waals surface area contributed by atoms with Crippen molar-refractivity contribution in [1.82, 2.24) is 0 Å². The summed E-state index contributed by atoms with van der Waals surface area (Å²) in [5.74, 6) is 0.535. The number of benzene rings is 3. The van der Waals surface area contributed by atoms with E-state index < -0.39 is 0 Å². The lowest BCUT2D eigenvalue weighted by Gasteiger charge is -2.09. The monoisotopic (exact) mass is 438 g/mol. The van der Waals surface area contributed by atoms with Crippen LogP contribution in [0.3, 0.4) is 0 Å². The zero-order valence-corrected chi connectivity index (χ0v) is 20.3. The average Bonchev–Trinajstić information content (AvgIpc) is 2.83. The Morgan fingerprint density at radius 3 is 1.91 bits per heavy atom. The molecule has 0 saturated heterocycles. The van der Waals surface area contributed by atoms with Crippen molar-refractivity contribution in [1.29, 1.82) is 0 Å². The average molecular weight is 439 g/mol. The third kappa shape index (κ3) is 7.46. The van der Waals surface area contributed by atoms with Gasteiger partial charge in [-0.3, -0.25) is 0 Å². The van der Waals surface area contributed by atoms with Gasteiger partial charge in [0.1, 0.15) is 5.84 Å². The number of aliphatic imine (C=N–C) groups is 1. The molecule has 3 aromatic rings. The van der Waals surface area contributed by atoms with Crippen LogP contribution in [0.25, 0.3) is 11.1 Å². The summed E-state index contributed by atoms with van der Waals surface area (Å²) >= 11 is 0. The van der Waals surface area contributed by atoms with Crippen molar-refractivity contribution in [2.24, 2.45) is 10.7 Å². The highest BCUT2D eigenvalue weighted by molar-refractivity contribution is 5.98. The standard InChI is InChI=1S/C31H38N2/c1-4-10-24(3)33-31(32)30-22-20-29(21-23-30)28-18-16-25(17-19-28)12-6-7-14-27-15-9-8-13-26(27)11-5-2/h8-9,13,15-23H,3-7,10-12,14H2,1-2H3,(H2,32,33). The van der Waals surface area contributed by atoms with Crippen molar-refractivity contribution in [3.05, 3.63) is 107 Å². The molecule has 0 fully saturated rings. The second-order valence-corrected chi connectivity index (χ2v) is 8.81. The first-order chi connectivity index (χ1) is 16.1. The zero-order chi connectivity index (χ0) is 23.5. The van der Waals surface area contributed by atoms with Crippen LogP contribution in [0.2, 0.25) is 0 Å². The van der Waals surface area contributed by atoms with Gasteiger partial charge in [-0.05, 0) is 66.3 Å². The minimum Gasteiger partial charge on any atom is -0.383 e. The Morgan fingerprint density at radius 1 is 0.727 bits per heavy atom. The quantitative estimate of drug-likeness (QED) is 0.174. The maximum atomic E-state index is 6.14. The zero-order valence-electron chi connectivity index (χ0n) is 20.3. The summed E-state index contributed by atoms with van der Waals surface area (Å²) < 4.78 is 0. The summed E-state index contributed by atoms with van der Waals surface area (Å²) in [5, 5.41) is 0. The lowest BCUT2D eigenvalue weighted by atomic mass is 9.97. The second kappa shape index (κ2) is 12.8. The summed E-state index contributed by atoms with van der Waals surface area (Å²) in [6.07, 6.45) is 9.05. The van der Waals surface area contributed by atoms with E-state index in [1.165, 1.54) is 59.9 Å². The van der Waals surface area contributed by atoms with Gasteiger partial charge < -0.3 is 5.73 Å². The predicted octanol–water partition coefficient (Wildman–Crippen LogP) is 7.89. The van der Waals surface area contributed by atoms with Crippen LogP contribution >= 0.6 is 0 Å². The first-order valence-corrected chi connectivity index (χ1v) is 12.4. The van der Waals surface area contributed by atoms with Crippen molar-refractivity contribution in [2.75, 3.05) is 0 Å². The lowest BCUT2D eigenvalue weighted by Crippen LogP contribution is -2.13. The highest BCUT2D eigenvalue weighted by Crippen LogP contribution is 2.22. The summed E-state index contributed by atoms with van der Waals surface area (Å²) in [6, 6.07) is 26.2. The fourth-order valence-corrected chi connectivity index (χ4v) is 4.24. The fraction of sp³-hybridized carbons (Fsp3) is 0.323. The molecule has 0 aliphatic carbocycles. The van der Waals surface area contributed by atoms with E-state index in [2.05, 4.69) is 86.1 Å². The third-order valence-corrected chi connectivity index (χ3v) is 6.08. The van der Waals surface area contributed by atoms with Crippen molar-refractivity contribution in [3.8, 4) is 11.1 Å². The number of unbranched alkanes of at least 4 members (excludes halogenated alkanes) is 1. The van der Waals surface area contributed by atoms with Crippen molar-refractivity contribution in [3.63, 3.8) is 0 Å². The number of allylic oxidation sites excluding steroid dienone is 1. The summed E-state index contributed by atoms with van der Waals surface area (Å²) in [5.41, 5.74) is 14.8. The van der Waals surface area contributed by atoms with E-state index in [0.717, 1.165) is 30.5 Å². The SMILES string of the molecule is C=C(CCC)N=C(N)c1ccc(-c2ccc(CCCCc3ccccc3CCC)cc2)cc1. The van der Waals surface area contributed by atoms with Crippen LogP contribution in [0.1, 0.15) is 68.2 Å². The van der Waals surface area contributed by atoms with Crippen LogP contribution in [0.15, 0.2) is 90.1 Å². The molecular formula is C31H38N2. The summed E-state index contributed by atoms with van der Waals surface area (Å²) in [6.45, 7) is 8.34. The third-order valence-electron chi connectivity index (χ3n) is 6.08. The topological polar surface area (TPSA) is 38.4 Å². The number of amidine groups is 1. The number of nitrogens with two attached hydrogens (primary N) is 1. The second-order valence-electron chi connectivity index (χ2n) is 8.81. The van der Waals surface area contributed by atoms with Gasteiger partial charge in [0, 0.05) is 11.3 Å². The summed E-state index contributed by atoms with van der Waals surface area (Å²) in [4.78, 5) is 4.42. The van der Waals surface area contributed by atoms with Gasteiger partial charge >= 0.3 is 0 Å². The molecule has 0 atom stereocenters. The van der Waals surface area contributed by atoms with Crippen LogP contribution in [0.5, 0.6) is 0 Å². The van der Waals surface area contributed by atoms with E-state index in [1.54, 1.807) is 0 Å². The maximum absolute atomic E-state index is 6.14. The minimum absolute atomic E-state index is 0.535. The Hall–Kier alpha value is -3.13. The molecule has 3 aromatic carbocycles. The van der Waals surface area contributed by atoms with Crippen molar-refractivity contribution < 1.29 is 0 Å². The van der Waals surface area contributed by atoms with Gasteiger partial charge in [0.05, 0.1) is 0 Å². The largest absolute Gasteiger partial charge is 0.383 e. The molecule has 172 valence electrons. The minimum atomic E-state index is 0.535. The molecule has 0 aliphatic rings. The van der Waals surface area contributed by atoms with Gasteiger partial charge in [0.25, 0.3) is 0 Å². The number of hydrogen-bond donors (Lipinski definition) is 1. The Bertz CT molecular complexity index is 1040. The van der Waals surface area contributed by atoms with Crippen LogP contribution in [0, 0.1) is 0 Å². The normalized spacial score (nSPS) is 11.5. The highest BCUT2D eigenvalue weighted by atomic mass is 14.9. The highest BCUT2D eigenvalue weighted by Gasteiger charge is 2.04. The van der Waals surface area contributed by atoms with E-state index in [-0.39, 0.29) is 0 Å². The number of rotatable bonds is 12. The van der Waals surface area contributed by atoms with Crippen LogP contribution in [0.4, 0.5) is 0 Å². The Labute approximate surface area is 200 Å². The Kier molecular flexibility index (Phi) is 9.50. The van der Waals surface area contributed by atoms with Gasteiger partial charge in [-0.25, -0.2) is 4.99 Å². The molecule has 0 saturated carbocycles. The van der Waals surface area contributed by atoms with E-state index in [9.17, 15) is 0 Å².